The molecule has 2 rings (SSSR count). The third kappa shape index (κ3) is 5.25. The summed E-state index contributed by atoms with van der Waals surface area (Å²) in [7, 11) is 0. The molecule has 4 atom stereocenters. The number of aromatic amines is 1. The number of aromatic nitrogens is 2. The Labute approximate surface area is 157 Å². The fourth-order valence-corrected chi connectivity index (χ4v) is 2.93. The molecule has 10 heteroatoms. The maximum atomic E-state index is 12.0. The van der Waals surface area contributed by atoms with Gasteiger partial charge in [-0.2, -0.15) is 0 Å². The summed E-state index contributed by atoms with van der Waals surface area (Å²) in [6, 6.07) is 0. The molecule has 0 saturated carbocycles. The Morgan fingerprint density at radius 1 is 1.56 bits per heavy atom. The number of halogens is 2. The van der Waals surface area contributed by atoms with Crippen LogP contribution in [-0.2, 0) is 14.2 Å². The zero-order chi connectivity index (χ0) is 18.4. The van der Waals surface area contributed by atoms with Gasteiger partial charge in [-0.1, -0.05) is 15.9 Å². The van der Waals surface area contributed by atoms with E-state index in [9.17, 15) is 14.7 Å². The first-order chi connectivity index (χ1) is 12.0. The molecule has 1 aliphatic rings. The molecule has 140 valence electrons. The number of aliphatic hydroxyl groups excluding tert-OH is 1. The summed E-state index contributed by atoms with van der Waals surface area (Å²) in [5.41, 5.74) is -0.826. The Kier molecular flexibility index (Phi) is 7.85. The van der Waals surface area contributed by atoms with E-state index in [1.165, 1.54) is 21.8 Å². The van der Waals surface area contributed by atoms with Crippen molar-refractivity contribution in [3.05, 3.63) is 37.6 Å². The molecule has 0 aromatic carbocycles. The summed E-state index contributed by atoms with van der Waals surface area (Å²) in [4.78, 5) is 27.5. The van der Waals surface area contributed by atoms with E-state index in [2.05, 4.69) is 20.9 Å². The average Bonchev–Trinajstić information content (AvgIpc) is 2.94. The van der Waals surface area contributed by atoms with E-state index >= 15 is 0 Å². The summed E-state index contributed by atoms with van der Waals surface area (Å²) in [5, 5.41) is 10.2. The van der Waals surface area contributed by atoms with Gasteiger partial charge in [0.2, 0.25) is 0 Å². The summed E-state index contributed by atoms with van der Waals surface area (Å²) in [6.07, 6.45) is 0.332. The molecule has 2 heterocycles. The highest BCUT2D eigenvalue weighted by molar-refractivity contribution is 9.11. The predicted molar refractivity (Wildman–Crippen MR) is 95.9 cm³/mol. The van der Waals surface area contributed by atoms with Gasteiger partial charge in [0, 0.05) is 19.2 Å². The van der Waals surface area contributed by atoms with Crippen molar-refractivity contribution >= 4 is 33.6 Å². The fraction of sp³-hybridized carbons (Fsp3) is 0.600. The van der Waals surface area contributed by atoms with Crippen LogP contribution in [0.3, 0.4) is 0 Å². The van der Waals surface area contributed by atoms with E-state index in [1.807, 2.05) is 6.92 Å². The zero-order valence-electron chi connectivity index (χ0n) is 13.6. The Balaban J connectivity index is 2.09. The normalized spacial score (nSPS) is 24.9. The first kappa shape index (κ1) is 20.3. The summed E-state index contributed by atoms with van der Waals surface area (Å²) >= 11 is 8.82. The number of rotatable bonds is 8. The fourth-order valence-electron chi connectivity index (χ4n) is 2.46. The lowest BCUT2D eigenvalue weighted by atomic mass is 10.2. The van der Waals surface area contributed by atoms with Crippen LogP contribution in [0.4, 0.5) is 0 Å². The Bertz CT molecular complexity index is 706. The van der Waals surface area contributed by atoms with Gasteiger partial charge < -0.3 is 19.3 Å². The largest absolute Gasteiger partial charge is 0.390 e. The predicted octanol–water partition coefficient (Wildman–Crippen LogP) is 1.17. The first-order valence-corrected chi connectivity index (χ1v) is 9.20. The molecule has 0 radical (unpaired) electrons. The first-order valence-electron chi connectivity index (χ1n) is 7.75. The summed E-state index contributed by atoms with van der Waals surface area (Å²) in [5.74, 6) is 0.154. The lowest BCUT2D eigenvalue weighted by molar-refractivity contribution is -0.157. The molecule has 0 spiro atoms. The molecule has 8 nitrogen and oxygen atoms in total. The van der Waals surface area contributed by atoms with Crippen LogP contribution in [0.1, 0.15) is 25.1 Å². The molecule has 1 saturated heterocycles. The van der Waals surface area contributed by atoms with Crippen molar-refractivity contribution in [3.63, 3.8) is 0 Å². The number of hydrogen-bond acceptors (Lipinski definition) is 6. The van der Waals surface area contributed by atoms with Gasteiger partial charge in [0.05, 0.1) is 24.2 Å². The van der Waals surface area contributed by atoms with E-state index in [-0.39, 0.29) is 24.5 Å². The number of hydrogen-bond donors (Lipinski definition) is 2. The monoisotopic (exact) mass is 438 g/mol. The molecule has 0 aliphatic carbocycles. The SMILES string of the molecule is CCOC(CCl)OC[C@H]1O[C@@H](n2cc(/C=C/Br)c(=O)[nH]c2=O)C[C@@H]1O. The van der Waals surface area contributed by atoms with Gasteiger partial charge in [-0.15, -0.1) is 11.6 Å². The van der Waals surface area contributed by atoms with E-state index < -0.39 is 36.0 Å². The van der Waals surface area contributed by atoms with Gasteiger partial charge >= 0.3 is 5.69 Å². The van der Waals surface area contributed by atoms with Crippen LogP contribution in [-0.4, -0.2) is 52.2 Å². The van der Waals surface area contributed by atoms with Crippen LogP contribution in [0.2, 0.25) is 0 Å². The minimum atomic E-state index is -0.823. The van der Waals surface area contributed by atoms with Crippen LogP contribution >= 0.6 is 27.5 Å². The van der Waals surface area contributed by atoms with Gasteiger partial charge in [-0.05, 0) is 18.0 Å². The molecular formula is C15H20BrClN2O6. The van der Waals surface area contributed by atoms with E-state index in [0.717, 1.165) is 0 Å². The summed E-state index contributed by atoms with van der Waals surface area (Å²) < 4.78 is 17.7. The minimum Gasteiger partial charge on any atom is -0.390 e. The van der Waals surface area contributed by atoms with Crippen LogP contribution < -0.4 is 11.2 Å². The molecule has 1 unspecified atom stereocenters. The van der Waals surface area contributed by atoms with Crippen LogP contribution in [0, 0.1) is 0 Å². The highest BCUT2D eigenvalue weighted by Crippen LogP contribution is 2.28. The van der Waals surface area contributed by atoms with E-state index in [4.69, 9.17) is 25.8 Å². The number of ether oxygens (including phenoxy) is 3. The Morgan fingerprint density at radius 2 is 2.32 bits per heavy atom. The van der Waals surface area contributed by atoms with E-state index in [0.29, 0.717) is 6.61 Å². The zero-order valence-corrected chi connectivity index (χ0v) is 15.9. The second-order valence-corrected chi connectivity index (χ2v) is 6.19. The van der Waals surface area contributed by atoms with Gasteiger partial charge in [0.25, 0.3) is 5.56 Å². The van der Waals surface area contributed by atoms with Crippen molar-refractivity contribution in [2.45, 2.75) is 38.1 Å². The molecule has 0 amide bonds. The van der Waals surface area contributed by atoms with Crippen LogP contribution in [0.25, 0.3) is 6.08 Å². The van der Waals surface area contributed by atoms with Crippen molar-refractivity contribution in [1.82, 2.24) is 9.55 Å². The van der Waals surface area contributed by atoms with Crippen molar-refractivity contribution in [2.75, 3.05) is 19.1 Å². The third-order valence-corrected chi connectivity index (χ3v) is 4.19. The summed E-state index contributed by atoms with van der Waals surface area (Å²) in [6.45, 7) is 2.34. The molecule has 1 aromatic heterocycles. The van der Waals surface area contributed by atoms with Crippen molar-refractivity contribution in [3.8, 4) is 0 Å². The number of nitrogens with zero attached hydrogens (tertiary/aromatic N) is 1. The molecule has 2 N–H and O–H groups in total. The second-order valence-electron chi connectivity index (χ2n) is 5.35. The maximum absolute atomic E-state index is 12.0. The van der Waals surface area contributed by atoms with Crippen molar-refractivity contribution < 1.29 is 19.3 Å². The lowest BCUT2D eigenvalue weighted by Crippen LogP contribution is -2.34. The molecule has 0 bridgehead atoms. The average molecular weight is 440 g/mol. The molecule has 1 aromatic rings. The van der Waals surface area contributed by atoms with Crippen molar-refractivity contribution in [2.24, 2.45) is 0 Å². The van der Waals surface area contributed by atoms with Crippen LogP contribution in [0.5, 0.6) is 0 Å². The smallest absolute Gasteiger partial charge is 0.330 e. The number of aliphatic hydroxyl groups is 1. The van der Waals surface area contributed by atoms with Gasteiger partial charge in [-0.25, -0.2) is 4.79 Å². The topological polar surface area (TPSA) is 103 Å². The highest BCUT2D eigenvalue weighted by Gasteiger charge is 2.36. The third-order valence-electron chi connectivity index (χ3n) is 3.68. The number of nitrogens with one attached hydrogen (secondary N) is 1. The molecule has 1 aliphatic heterocycles. The maximum Gasteiger partial charge on any atom is 0.330 e. The van der Waals surface area contributed by atoms with Crippen molar-refractivity contribution in [1.29, 1.82) is 0 Å². The number of alkyl halides is 1. The Morgan fingerprint density at radius 3 is 2.96 bits per heavy atom. The molecular weight excluding hydrogens is 420 g/mol. The van der Waals surface area contributed by atoms with Gasteiger partial charge in [-0.3, -0.25) is 14.3 Å². The van der Waals surface area contributed by atoms with Gasteiger partial charge in [0.15, 0.2) is 6.29 Å². The molecule has 1 fully saturated rings. The molecule has 25 heavy (non-hydrogen) atoms. The minimum absolute atomic E-state index is 0.0708. The standard InChI is InChI=1S/C15H20BrClN2O6/c1-2-23-13(6-17)24-8-11-10(20)5-12(25-11)19-7-9(3-4-16)14(21)18-15(19)22/h3-4,7,10-13,20H,2,5-6,8H2,1H3,(H,18,21,22)/b4-3+/t10-,11+,12+,13?/m0/s1. The number of H-pyrrole nitrogens is 1. The quantitative estimate of drug-likeness (QED) is 0.466. The van der Waals surface area contributed by atoms with Gasteiger partial charge in [0.1, 0.15) is 12.3 Å². The van der Waals surface area contributed by atoms with E-state index in [1.54, 1.807) is 0 Å². The Hall–Kier alpha value is -0.970. The van der Waals surface area contributed by atoms with Crippen LogP contribution in [0.15, 0.2) is 20.8 Å². The lowest BCUT2D eigenvalue weighted by Gasteiger charge is -2.20. The second kappa shape index (κ2) is 9.65. The highest BCUT2D eigenvalue weighted by atomic mass is 79.9.